The third-order valence-corrected chi connectivity index (χ3v) is 4.59. The number of hydrogen-bond acceptors (Lipinski definition) is 3. The van der Waals surface area contributed by atoms with E-state index in [1.165, 1.54) is 0 Å². The number of hydrazine groups is 1. The summed E-state index contributed by atoms with van der Waals surface area (Å²) < 4.78 is 1.77. The average molecular weight is 364 g/mol. The van der Waals surface area contributed by atoms with E-state index in [1.807, 2.05) is 36.4 Å². The topological polar surface area (TPSA) is 76.0 Å². The molecule has 3 aromatic rings. The van der Waals surface area contributed by atoms with Crippen LogP contribution in [0, 0.1) is 0 Å². The van der Waals surface area contributed by atoms with Crippen LogP contribution in [-0.4, -0.2) is 21.4 Å². The highest BCUT2D eigenvalue weighted by Crippen LogP contribution is 2.22. The van der Waals surface area contributed by atoms with Crippen molar-refractivity contribution in [1.82, 2.24) is 20.4 Å². The molecule has 27 heavy (non-hydrogen) atoms. The summed E-state index contributed by atoms with van der Waals surface area (Å²) in [4.78, 5) is 29.0. The van der Waals surface area contributed by atoms with Crippen molar-refractivity contribution in [3.8, 4) is 0 Å². The Bertz CT molecular complexity index is 968. The molecule has 0 spiro atoms. The highest BCUT2D eigenvalue weighted by molar-refractivity contribution is 5.95. The number of nitrogens with zero attached hydrogens (tertiary/aromatic N) is 2. The van der Waals surface area contributed by atoms with Gasteiger partial charge >= 0.3 is 0 Å². The van der Waals surface area contributed by atoms with E-state index in [2.05, 4.69) is 36.6 Å². The molecule has 6 heteroatoms. The molecule has 1 aromatic heterocycles. The second-order valence-corrected chi connectivity index (χ2v) is 7.59. The summed E-state index contributed by atoms with van der Waals surface area (Å²) in [6.45, 7) is 8.10. The maximum absolute atomic E-state index is 12.4. The van der Waals surface area contributed by atoms with Gasteiger partial charge in [0.2, 0.25) is 0 Å². The number of hydrogen-bond donors (Lipinski definition) is 2. The second-order valence-electron chi connectivity index (χ2n) is 7.59. The molecule has 0 aliphatic heterocycles. The van der Waals surface area contributed by atoms with E-state index in [-0.39, 0.29) is 17.2 Å². The first kappa shape index (κ1) is 18.6. The molecule has 0 saturated heterocycles. The van der Waals surface area contributed by atoms with Crippen molar-refractivity contribution in [1.29, 1.82) is 0 Å². The lowest BCUT2D eigenvalue weighted by Gasteiger charge is -2.19. The zero-order valence-corrected chi connectivity index (χ0v) is 16.0. The molecule has 0 bridgehead atoms. The van der Waals surface area contributed by atoms with Crippen LogP contribution in [0.4, 0.5) is 0 Å². The molecule has 140 valence electrons. The molecule has 2 amide bonds. The molecule has 2 aromatic carbocycles. The van der Waals surface area contributed by atoms with E-state index in [1.54, 1.807) is 30.0 Å². The summed E-state index contributed by atoms with van der Waals surface area (Å²) in [5.74, 6) is -0.677. The quantitative estimate of drug-likeness (QED) is 0.700. The predicted molar refractivity (Wildman–Crippen MR) is 105 cm³/mol. The Kier molecular flexibility index (Phi) is 4.99. The normalized spacial score (nSPS) is 12.6. The second kappa shape index (κ2) is 7.23. The minimum absolute atomic E-state index is 0.0201. The summed E-state index contributed by atoms with van der Waals surface area (Å²) in [7, 11) is 0. The van der Waals surface area contributed by atoms with Gasteiger partial charge in [0, 0.05) is 5.56 Å². The molecule has 1 unspecified atom stereocenters. The molecule has 0 radical (unpaired) electrons. The zero-order chi connectivity index (χ0) is 19.6. The molecule has 6 nitrogen and oxygen atoms in total. The van der Waals surface area contributed by atoms with Gasteiger partial charge in [-0.25, -0.2) is 4.98 Å². The van der Waals surface area contributed by atoms with Crippen LogP contribution in [-0.2, 0) is 10.2 Å². The predicted octanol–water partition coefficient (Wildman–Crippen LogP) is 3.36. The number of amides is 2. The van der Waals surface area contributed by atoms with Crippen molar-refractivity contribution in [2.45, 2.75) is 39.2 Å². The highest BCUT2D eigenvalue weighted by Gasteiger charge is 2.18. The molecular formula is C21H24N4O2. The third kappa shape index (κ3) is 4.00. The SMILES string of the molecule is CC(C(=O)NNC(=O)c1ccc(C(C)(C)C)cc1)n1cnc2ccccc21. The van der Waals surface area contributed by atoms with E-state index >= 15 is 0 Å². The number of carbonyl (C=O) groups excluding carboxylic acids is 2. The van der Waals surface area contributed by atoms with Gasteiger partial charge in [-0.15, -0.1) is 0 Å². The number of fused-ring (bicyclic) bond motifs is 1. The molecule has 0 aliphatic carbocycles. The van der Waals surface area contributed by atoms with Crippen LogP contribution < -0.4 is 10.9 Å². The standard InChI is InChI=1S/C21H24N4O2/c1-14(25-13-22-17-7-5-6-8-18(17)25)19(26)23-24-20(27)15-9-11-16(12-10-15)21(2,3)4/h5-14H,1-4H3,(H,23,26)(H,24,27). The van der Waals surface area contributed by atoms with E-state index in [9.17, 15) is 9.59 Å². The number of para-hydroxylation sites is 2. The number of rotatable bonds is 3. The lowest BCUT2D eigenvalue weighted by Crippen LogP contribution is -2.44. The summed E-state index contributed by atoms with van der Waals surface area (Å²) in [6, 6.07) is 14.4. The fourth-order valence-electron chi connectivity index (χ4n) is 2.83. The third-order valence-electron chi connectivity index (χ3n) is 4.59. The Morgan fingerprint density at radius 3 is 2.33 bits per heavy atom. The molecule has 3 rings (SSSR count). The molecule has 1 heterocycles. The molecule has 0 saturated carbocycles. The van der Waals surface area contributed by atoms with E-state index in [0.717, 1.165) is 16.6 Å². The number of benzene rings is 2. The van der Waals surface area contributed by atoms with Crippen LogP contribution >= 0.6 is 0 Å². The number of carbonyl (C=O) groups is 2. The molecular weight excluding hydrogens is 340 g/mol. The summed E-state index contributed by atoms with van der Waals surface area (Å²) in [5.41, 5.74) is 8.30. The Balaban J connectivity index is 1.64. The lowest BCUT2D eigenvalue weighted by atomic mass is 9.87. The van der Waals surface area contributed by atoms with Gasteiger partial charge in [0.1, 0.15) is 6.04 Å². The summed E-state index contributed by atoms with van der Waals surface area (Å²) in [6.07, 6.45) is 1.63. The molecule has 0 aliphatic rings. The Morgan fingerprint density at radius 2 is 1.67 bits per heavy atom. The first-order valence-electron chi connectivity index (χ1n) is 8.89. The largest absolute Gasteiger partial charge is 0.318 e. The van der Waals surface area contributed by atoms with Crippen LogP contribution in [0.1, 0.15) is 49.7 Å². The van der Waals surface area contributed by atoms with Crippen LogP contribution in [0.2, 0.25) is 0 Å². The van der Waals surface area contributed by atoms with Crippen LogP contribution in [0.3, 0.4) is 0 Å². The van der Waals surface area contributed by atoms with Crippen molar-refractivity contribution in [3.05, 3.63) is 66.0 Å². The molecule has 2 N–H and O–H groups in total. The van der Waals surface area contributed by atoms with Gasteiger partial charge in [0.05, 0.1) is 17.4 Å². The Hall–Kier alpha value is -3.15. The summed E-state index contributed by atoms with van der Waals surface area (Å²) >= 11 is 0. The average Bonchev–Trinajstić information content (AvgIpc) is 3.08. The first-order valence-corrected chi connectivity index (χ1v) is 8.89. The number of nitrogens with one attached hydrogen (secondary N) is 2. The van der Waals surface area contributed by atoms with Crippen molar-refractivity contribution < 1.29 is 9.59 Å². The maximum Gasteiger partial charge on any atom is 0.269 e. The lowest BCUT2D eigenvalue weighted by molar-refractivity contribution is -0.124. The van der Waals surface area contributed by atoms with Crippen molar-refractivity contribution >= 4 is 22.8 Å². The minimum Gasteiger partial charge on any atom is -0.318 e. The minimum atomic E-state index is -0.513. The first-order chi connectivity index (χ1) is 12.8. The molecule has 1 atom stereocenters. The van der Waals surface area contributed by atoms with Crippen molar-refractivity contribution in [3.63, 3.8) is 0 Å². The smallest absolute Gasteiger partial charge is 0.269 e. The van der Waals surface area contributed by atoms with Gasteiger partial charge < -0.3 is 4.57 Å². The summed E-state index contributed by atoms with van der Waals surface area (Å²) in [5, 5.41) is 0. The van der Waals surface area contributed by atoms with Gasteiger partial charge in [-0.2, -0.15) is 0 Å². The van der Waals surface area contributed by atoms with Gasteiger partial charge in [-0.3, -0.25) is 20.4 Å². The molecule has 0 fully saturated rings. The van der Waals surface area contributed by atoms with Gasteiger partial charge in [-0.05, 0) is 42.2 Å². The van der Waals surface area contributed by atoms with Crippen molar-refractivity contribution in [2.75, 3.05) is 0 Å². The van der Waals surface area contributed by atoms with Gasteiger partial charge in [-0.1, -0.05) is 45.0 Å². The number of aromatic nitrogens is 2. The Labute approximate surface area is 158 Å². The van der Waals surface area contributed by atoms with Crippen LogP contribution in [0.5, 0.6) is 0 Å². The maximum atomic E-state index is 12.4. The zero-order valence-electron chi connectivity index (χ0n) is 16.0. The highest BCUT2D eigenvalue weighted by atomic mass is 16.2. The fourth-order valence-corrected chi connectivity index (χ4v) is 2.83. The fraction of sp³-hybridized carbons (Fsp3) is 0.286. The van der Waals surface area contributed by atoms with E-state index < -0.39 is 6.04 Å². The monoisotopic (exact) mass is 364 g/mol. The van der Waals surface area contributed by atoms with E-state index in [4.69, 9.17) is 0 Å². The van der Waals surface area contributed by atoms with Crippen molar-refractivity contribution in [2.24, 2.45) is 0 Å². The van der Waals surface area contributed by atoms with E-state index in [0.29, 0.717) is 5.56 Å². The Morgan fingerprint density at radius 1 is 1.00 bits per heavy atom. The van der Waals surface area contributed by atoms with Gasteiger partial charge in [0.25, 0.3) is 11.8 Å². The van der Waals surface area contributed by atoms with Gasteiger partial charge in [0.15, 0.2) is 0 Å². The van der Waals surface area contributed by atoms with Crippen LogP contribution in [0.25, 0.3) is 11.0 Å². The van der Waals surface area contributed by atoms with Crippen LogP contribution in [0.15, 0.2) is 54.9 Å². The number of imidazole rings is 1.